The number of hydrazone groups is 1. The van der Waals surface area contributed by atoms with Gasteiger partial charge >= 0.3 is 5.97 Å². The molecule has 36 heavy (non-hydrogen) atoms. The predicted octanol–water partition coefficient (Wildman–Crippen LogP) is 5.36. The molecular weight excluding hydrogens is 502 g/mol. The molecular formula is C26H26ClN3O5S. The van der Waals surface area contributed by atoms with Crippen molar-refractivity contribution in [3.63, 3.8) is 0 Å². The third-order valence-electron chi connectivity index (χ3n) is 5.13. The fourth-order valence-corrected chi connectivity index (χ4v) is 4.37. The Hall–Kier alpha value is -3.69. The lowest BCUT2D eigenvalue weighted by Crippen LogP contribution is -2.33. The van der Waals surface area contributed by atoms with Crippen LogP contribution in [0.5, 0.6) is 5.75 Å². The van der Waals surface area contributed by atoms with Crippen molar-refractivity contribution in [2.75, 3.05) is 11.9 Å². The number of hydrogen-bond acceptors (Lipinski definition) is 7. The van der Waals surface area contributed by atoms with Crippen molar-refractivity contribution in [1.29, 1.82) is 0 Å². The number of carbonyl (C=O) groups is 3. The van der Waals surface area contributed by atoms with Crippen LogP contribution in [0.2, 0.25) is 5.02 Å². The maximum atomic E-state index is 12.8. The Labute approximate surface area is 218 Å². The normalized spacial score (nSPS) is 11.7. The monoisotopic (exact) mass is 527 g/mol. The Morgan fingerprint density at radius 1 is 1.14 bits per heavy atom. The molecule has 2 aromatic carbocycles. The van der Waals surface area contributed by atoms with Crippen LogP contribution in [0.3, 0.4) is 0 Å². The van der Waals surface area contributed by atoms with Crippen molar-refractivity contribution in [1.82, 2.24) is 5.43 Å². The summed E-state index contributed by atoms with van der Waals surface area (Å²) >= 11 is 7.24. The number of benzene rings is 2. The molecule has 3 aromatic rings. The Morgan fingerprint density at radius 3 is 2.53 bits per heavy atom. The van der Waals surface area contributed by atoms with Gasteiger partial charge in [-0.1, -0.05) is 23.7 Å². The number of aryl methyl sites for hydroxylation is 1. The van der Waals surface area contributed by atoms with E-state index in [0.29, 0.717) is 26.9 Å². The Balaban J connectivity index is 1.59. The molecule has 2 N–H and O–H groups in total. The van der Waals surface area contributed by atoms with Gasteiger partial charge in [-0.15, -0.1) is 11.3 Å². The number of thiophene rings is 1. The summed E-state index contributed by atoms with van der Waals surface area (Å²) < 4.78 is 10.8. The minimum atomic E-state index is -0.828. The van der Waals surface area contributed by atoms with Gasteiger partial charge in [0.1, 0.15) is 10.8 Å². The second-order valence-electron chi connectivity index (χ2n) is 7.74. The number of nitrogens with one attached hydrogen (secondary N) is 2. The quantitative estimate of drug-likeness (QED) is 0.221. The van der Waals surface area contributed by atoms with Crippen molar-refractivity contribution in [2.24, 2.45) is 5.10 Å². The van der Waals surface area contributed by atoms with E-state index in [0.717, 1.165) is 16.0 Å². The molecule has 2 amide bonds. The lowest BCUT2D eigenvalue weighted by molar-refractivity contribution is -0.127. The summed E-state index contributed by atoms with van der Waals surface area (Å²) in [6, 6.07) is 13.4. The third-order valence-corrected chi connectivity index (χ3v) is 6.49. The van der Waals surface area contributed by atoms with Crippen LogP contribution in [0.1, 0.15) is 50.6 Å². The van der Waals surface area contributed by atoms with Gasteiger partial charge in [0.25, 0.3) is 11.8 Å². The summed E-state index contributed by atoms with van der Waals surface area (Å²) in [5.74, 6) is -0.884. The predicted molar refractivity (Wildman–Crippen MR) is 141 cm³/mol. The first-order valence-electron chi connectivity index (χ1n) is 11.1. The smallest absolute Gasteiger partial charge is 0.341 e. The summed E-state index contributed by atoms with van der Waals surface area (Å²) in [5, 5.41) is 7.72. The number of esters is 1. The van der Waals surface area contributed by atoms with Crippen molar-refractivity contribution >= 4 is 51.9 Å². The molecule has 3 rings (SSSR count). The molecule has 0 saturated carbocycles. The summed E-state index contributed by atoms with van der Waals surface area (Å²) in [7, 11) is 0. The zero-order valence-corrected chi connectivity index (χ0v) is 21.8. The summed E-state index contributed by atoms with van der Waals surface area (Å²) in [4.78, 5) is 38.3. The van der Waals surface area contributed by atoms with E-state index in [2.05, 4.69) is 15.8 Å². The number of rotatable bonds is 9. The molecule has 1 atom stereocenters. The Bertz CT molecular complexity index is 1290. The molecule has 0 spiro atoms. The van der Waals surface area contributed by atoms with Gasteiger partial charge in [-0.2, -0.15) is 5.10 Å². The molecule has 188 valence electrons. The fourth-order valence-electron chi connectivity index (χ4n) is 3.13. The average Bonchev–Trinajstić information content (AvgIpc) is 3.12. The van der Waals surface area contributed by atoms with E-state index in [1.54, 1.807) is 62.4 Å². The lowest BCUT2D eigenvalue weighted by atomic mass is 10.1. The van der Waals surface area contributed by atoms with Crippen LogP contribution in [0, 0.1) is 13.8 Å². The van der Waals surface area contributed by atoms with E-state index >= 15 is 0 Å². The molecule has 10 heteroatoms. The Morgan fingerprint density at radius 2 is 1.86 bits per heavy atom. The standard InChI is InChI=1S/C26H26ClN3O5S/c1-5-34-26(33)22-15(2)17(4)36-25(22)29-24(32)19-9-11-21(12-10-19)35-16(3)23(31)30-28-14-18-7-6-8-20(27)13-18/h6-14,16H,5H2,1-4H3,(H,29,32)(H,30,31)/b28-14+. The lowest BCUT2D eigenvalue weighted by Gasteiger charge is -2.13. The molecule has 1 heterocycles. The topological polar surface area (TPSA) is 106 Å². The van der Waals surface area contributed by atoms with Gasteiger partial charge in [-0.3, -0.25) is 9.59 Å². The molecule has 1 unspecified atom stereocenters. The minimum absolute atomic E-state index is 0.243. The van der Waals surface area contributed by atoms with Gasteiger partial charge < -0.3 is 14.8 Å². The number of amides is 2. The van der Waals surface area contributed by atoms with Crippen molar-refractivity contribution in [3.05, 3.63) is 80.7 Å². The largest absolute Gasteiger partial charge is 0.481 e. The van der Waals surface area contributed by atoms with Gasteiger partial charge in [-0.05, 0) is 75.2 Å². The van der Waals surface area contributed by atoms with E-state index in [9.17, 15) is 14.4 Å². The van der Waals surface area contributed by atoms with Crippen LogP contribution in [-0.2, 0) is 9.53 Å². The maximum Gasteiger partial charge on any atom is 0.341 e. The third kappa shape index (κ3) is 6.93. The molecule has 0 aliphatic heterocycles. The van der Waals surface area contributed by atoms with Crippen molar-refractivity contribution < 1.29 is 23.9 Å². The maximum absolute atomic E-state index is 12.8. The van der Waals surface area contributed by atoms with Gasteiger partial charge in [0.15, 0.2) is 6.10 Å². The molecule has 0 aliphatic rings. The van der Waals surface area contributed by atoms with Crippen LogP contribution in [0.4, 0.5) is 5.00 Å². The molecule has 1 aromatic heterocycles. The zero-order valence-electron chi connectivity index (χ0n) is 20.3. The molecule has 0 bridgehead atoms. The SMILES string of the molecule is CCOC(=O)c1c(NC(=O)c2ccc(OC(C)C(=O)N/N=C/c3cccc(Cl)c3)cc2)sc(C)c1C. The highest BCUT2D eigenvalue weighted by Crippen LogP contribution is 2.33. The first kappa shape index (κ1) is 26.9. The van der Waals surface area contributed by atoms with E-state index in [-0.39, 0.29) is 12.5 Å². The first-order valence-corrected chi connectivity index (χ1v) is 12.3. The van der Waals surface area contributed by atoms with Crippen molar-refractivity contribution in [3.8, 4) is 5.75 Å². The molecule has 0 radical (unpaired) electrons. The van der Waals surface area contributed by atoms with Gasteiger partial charge in [0, 0.05) is 15.5 Å². The fraction of sp³-hybridized carbons (Fsp3) is 0.231. The minimum Gasteiger partial charge on any atom is -0.481 e. The number of hydrogen-bond donors (Lipinski definition) is 2. The van der Waals surface area contributed by atoms with Crippen LogP contribution in [0.25, 0.3) is 0 Å². The van der Waals surface area contributed by atoms with Crippen molar-refractivity contribution in [2.45, 2.75) is 33.8 Å². The van der Waals surface area contributed by atoms with Gasteiger partial charge in [-0.25, -0.2) is 10.2 Å². The number of halogens is 1. The van der Waals surface area contributed by atoms with E-state index in [1.165, 1.54) is 17.6 Å². The second kappa shape index (κ2) is 12.3. The number of ether oxygens (including phenoxy) is 2. The van der Waals surface area contributed by atoms with Crippen LogP contribution >= 0.6 is 22.9 Å². The van der Waals surface area contributed by atoms with E-state index in [4.69, 9.17) is 21.1 Å². The summed E-state index contributed by atoms with van der Waals surface area (Å²) in [6.45, 7) is 7.26. The van der Waals surface area contributed by atoms with E-state index < -0.39 is 18.0 Å². The molecule has 0 aliphatic carbocycles. The highest BCUT2D eigenvalue weighted by atomic mass is 35.5. The highest BCUT2D eigenvalue weighted by Gasteiger charge is 2.22. The molecule has 0 saturated heterocycles. The molecule has 8 nitrogen and oxygen atoms in total. The van der Waals surface area contributed by atoms with Crippen LogP contribution in [-0.4, -0.2) is 36.7 Å². The summed E-state index contributed by atoms with van der Waals surface area (Å²) in [5.41, 5.74) is 4.67. The number of nitrogens with zero attached hydrogens (tertiary/aromatic N) is 1. The second-order valence-corrected chi connectivity index (χ2v) is 9.40. The zero-order chi connectivity index (χ0) is 26.2. The average molecular weight is 528 g/mol. The van der Waals surface area contributed by atoms with Crippen LogP contribution < -0.4 is 15.5 Å². The Kier molecular flexibility index (Phi) is 9.21. The van der Waals surface area contributed by atoms with Gasteiger partial charge in [0.2, 0.25) is 0 Å². The van der Waals surface area contributed by atoms with Crippen LogP contribution in [0.15, 0.2) is 53.6 Å². The first-order chi connectivity index (χ1) is 17.2. The number of carbonyl (C=O) groups excluding carboxylic acids is 3. The number of anilines is 1. The van der Waals surface area contributed by atoms with E-state index in [1.807, 2.05) is 13.8 Å². The molecule has 0 fully saturated rings. The summed E-state index contributed by atoms with van der Waals surface area (Å²) in [6.07, 6.45) is 0.652. The highest BCUT2D eigenvalue weighted by molar-refractivity contribution is 7.16. The van der Waals surface area contributed by atoms with Gasteiger partial charge in [0.05, 0.1) is 18.4 Å².